The molecular weight excluding hydrogens is 220 g/mol. The molecule has 0 atom stereocenters. The molecule has 0 unspecified atom stereocenters. The van der Waals surface area contributed by atoms with Crippen molar-refractivity contribution in [1.29, 1.82) is 0 Å². The van der Waals surface area contributed by atoms with E-state index >= 15 is 0 Å². The highest BCUT2D eigenvalue weighted by Gasteiger charge is 2.09. The topological polar surface area (TPSA) is 69.6 Å². The first-order valence-corrected chi connectivity index (χ1v) is 6.10. The Balaban J connectivity index is 3.84. The van der Waals surface area contributed by atoms with Crippen molar-refractivity contribution in [3.05, 3.63) is 0 Å². The molecule has 0 fully saturated rings. The number of hydrogen-bond donors (Lipinski definition) is 2. The maximum absolute atomic E-state index is 10.7. The van der Waals surface area contributed by atoms with Crippen LogP contribution in [0.15, 0.2) is 0 Å². The summed E-state index contributed by atoms with van der Waals surface area (Å²) in [5.74, 6) is -0.267. The molecule has 0 aliphatic carbocycles. The molecule has 0 aliphatic heterocycles. The molecule has 17 heavy (non-hydrogen) atoms. The zero-order chi connectivity index (χ0) is 13.3. The van der Waals surface area contributed by atoms with Crippen molar-refractivity contribution in [2.45, 2.75) is 33.6 Å². The minimum atomic E-state index is -0.763. The number of amides is 1. The number of rotatable bonds is 9. The van der Waals surface area contributed by atoms with Gasteiger partial charge in [-0.15, -0.1) is 0 Å². The smallest absolute Gasteiger partial charge is 0.304 e. The first-order valence-electron chi connectivity index (χ1n) is 6.10. The molecular formula is C12H24N2O3. The Morgan fingerprint density at radius 2 is 1.94 bits per heavy atom. The van der Waals surface area contributed by atoms with E-state index in [0.717, 1.165) is 19.5 Å². The Morgan fingerprint density at radius 1 is 1.29 bits per heavy atom. The molecule has 0 spiro atoms. The van der Waals surface area contributed by atoms with Gasteiger partial charge in [0.1, 0.15) is 0 Å². The summed E-state index contributed by atoms with van der Waals surface area (Å²) in [6.07, 6.45) is 1.03. The van der Waals surface area contributed by atoms with Gasteiger partial charge in [0.05, 0.1) is 6.42 Å². The average Bonchev–Trinajstić information content (AvgIpc) is 2.19. The molecule has 2 N–H and O–H groups in total. The second-order valence-corrected chi connectivity index (χ2v) is 4.67. The summed E-state index contributed by atoms with van der Waals surface area (Å²) in [4.78, 5) is 23.3. The first kappa shape index (κ1) is 15.9. The van der Waals surface area contributed by atoms with Crippen LogP contribution >= 0.6 is 0 Å². The Bertz CT molecular complexity index is 242. The molecule has 0 radical (unpaired) electrons. The zero-order valence-corrected chi connectivity index (χ0v) is 11.0. The van der Waals surface area contributed by atoms with E-state index in [4.69, 9.17) is 5.11 Å². The summed E-state index contributed by atoms with van der Waals surface area (Å²) in [6, 6.07) is 0. The van der Waals surface area contributed by atoms with Crippen LogP contribution in [0.2, 0.25) is 0 Å². The molecule has 1 amide bonds. The van der Waals surface area contributed by atoms with Gasteiger partial charge in [-0.1, -0.05) is 13.8 Å². The quantitative estimate of drug-likeness (QED) is 0.592. The molecule has 0 heterocycles. The minimum Gasteiger partial charge on any atom is -0.481 e. The number of carbonyl (C=O) groups is 2. The van der Waals surface area contributed by atoms with Gasteiger partial charge in [-0.3, -0.25) is 9.59 Å². The normalized spacial score (nSPS) is 10.9. The Labute approximate surface area is 103 Å². The number of nitrogens with zero attached hydrogens (tertiary/aromatic N) is 1. The van der Waals surface area contributed by atoms with Gasteiger partial charge in [-0.2, -0.15) is 0 Å². The van der Waals surface area contributed by atoms with Crippen molar-refractivity contribution < 1.29 is 14.7 Å². The predicted molar refractivity (Wildman–Crippen MR) is 66.8 cm³/mol. The van der Waals surface area contributed by atoms with Crippen LogP contribution < -0.4 is 5.32 Å². The van der Waals surface area contributed by atoms with Gasteiger partial charge in [0, 0.05) is 26.6 Å². The number of hydrogen-bond acceptors (Lipinski definition) is 3. The zero-order valence-electron chi connectivity index (χ0n) is 11.0. The Hall–Kier alpha value is -1.10. The molecule has 0 saturated heterocycles. The van der Waals surface area contributed by atoms with Gasteiger partial charge in [-0.05, 0) is 18.9 Å². The van der Waals surface area contributed by atoms with Gasteiger partial charge in [-0.25, -0.2) is 0 Å². The van der Waals surface area contributed by atoms with Crippen molar-refractivity contribution in [2.75, 3.05) is 26.2 Å². The standard InChI is InChI=1S/C12H24N2O3/c1-10(2)9-14(8-5-12(16)17)7-4-6-13-11(3)15/h10H,4-9H2,1-3H3,(H,13,15)(H,16,17). The average molecular weight is 244 g/mol. The van der Waals surface area contributed by atoms with E-state index in [-0.39, 0.29) is 12.3 Å². The molecule has 0 bridgehead atoms. The van der Waals surface area contributed by atoms with Crippen LogP contribution in [0.25, 0.3) is 0 Å². The van der Waals surface area contributed by atoms with Crippen LogP contribution in [0.3, 0.4) is 0 Å². The lowest BCUT2D eigenvalue weighted by Gasteiger charge is -2.23. The number of nitrogens with one attached hydrogen (secondary N) is 1. The Morgan fingerprint density at radius 3 is 2.41 bits per heavy atom. The molecule has 0 aliphatic rings. The monoisotopic (exact) mass is 244 g/mol. The van der Waals surface area contributed by atoms with Gasteiger partial charge in [0.2, 0.25) is 5.91 Å². The highest BCUT2D eigenvalue weighted by Crippen LogP contribution is 2.01. The number of carboxylic acid groups (broad SMARTS) is 1. The summed E-state index contributed by atoms with van der Waals surface area (Å²) in [5, 5.41) is 11.4. The van der Waals surface area contributed by atoms with Crippen molar-refractivity contribution in [2.24, 2.45) is 5.92 Å². The summed E-state index contributed by atoms with van der Waals surface area (Å²) < 4.78 is 0. The van der Waals surface area contributed by atoms with E-state index in [0.29, 0.717) is 19.0 Å². The number of carbonyl (C=O) groups excluding carboxylic acids is 1. The van der Waals surface area contributed by atoms with Crippen LogP contribution in [-0.2, 0) is 9.59 Å². The summed E-state index contributed by atoms with van der Waals surface area (Å²) in [7, 11) is 0. The maximum Gasteiger partial charge on any atom is 0.304 e. The van der Waals surface area contributed by atoms with Gasteiger partial charge >= 0.3 is 5.97 Å². The molecule has 0 aromatic rings. The molecule has 0 rings (SSSR count). The maximum atomic E-state index is 10.7. The molecule has 0 aromatic carbocycles. The van der Waals surface area contributed by atoms with Gasteiger partial charge in [0.15, 0.2) is 0 Å². The highest BCUT2D eigenvalue weighted by molar-refractivity contribution is 5.72. The number of carboxylic acids is 1. The first-order chi connectivity index (χ1) is 7.91. The fourth-order valence-corrected chi connectivity index (χ4v) is 1.63. The van der Waals surface area contributed by atoms with E-state index in [1.54, 1.807) is 0 Å². The second kappa shape index (κ2) is 8.98. The van der Waals surface area contributed by atoms with E-state index in [2.05, 4.69) is 24.1 Å². The lowest BCUT2D eigenvalue weighted by molar-refractivity contribution is -0.137. The van der Waals surface area contributed by atoms with Gasteiger partial charge < -0.3 is 15.3 Å². The van der Waals surface area contributed by atoms with Crippen LogP contribution in [0, 0.1) is 5.92 Å². The fourth-order valence-electron chi connectivity index (χ4n) is 1.63. The van der Waals surface area contributed by atoms with Crippen molar-refractivity contribution in [3.8, 4) is 0 Å². The van der Waals surface area contributed by atoms with E-state index in [9.17, 15) is 9.59 Å². The van der Waals surface area contributed by atoms with Gasteiger partial charge in [0.25, 0.3) is 0 Å². The third kappa shape index (κ3) is 11.2. The molecule has 5 heteroatoms. The molecule has 0 saturated carbocycles. The predicted octanol–water partition coefficient (Wildman–Crippen LogP) is 0.945. The molecule has 0 aromatic heterocycles. The lowest BCUT2D eigenvalue weighted by atomic mass is 10.2. The van der Waals surface area contributed by atoms with Crippen molar-refractivity contribution in [3.63, 3.8) is 0 Å². The van der Waals surface area contributed by atoms with Crippen molar-refractivity contribution in [1.82, 2.24) is 10.2 Å². The molecule has 5 nitrogen and oxygen atoms in total. The highest BCUT2D eigenvalue weighted by atomic mass is 16.4. The third-order valence-electron chi connectivity index (χ3n) is 2.29. The van der Waals surface area contributed by atoms with E-state index in [1.165, 1.54) is 6.92 Å². The largest absolute Gasteiger partial charge is 0.481 e. The van der Waals surface area contributed by atoms with Crippen LogP contribution in [0.4, 0.5) is 0 Å². The second-order valence-electron chi connectivity index (χ2n) is 4.67. The third-order valence-corrected chi connectivity index (χ3v) is 2.29. The van der Waals surface area contributed by atoms with Crippen LogP contribution in [0.5, 0.6) is 0 Å². The fraction of sp³-hybridized carbons (Fsp3) is 0.833. The van der Waals surface area contributed by atoms with Crippen LogP contribution in [0.1, 0.15) is 33.6 Å². The summed E-state index contributed by atoms with van der Waals surface area (Å²) >= 11 is 0. The SMILES string of the molecule is CC(=O)NCCCN(CCC(=O)O)CC(C)C. The van der Waals surface area contributed by atoms with Crippen LogP contribution in [-0.4, -0.2) is 48.1 Å². The Kier molecular flexibility index (Phi) is 8.40. The summed E-state index contributed by atoms with van der Waals surface area (Å²) in [5.41, 5.74) is 0. The minimum absolute atomic E-state index is 0.0223. The van der Waals surface area contributed by atoms with Crippen molar-refractivity contribution >= 4 is 11.9 Å². The molecule has 100 valence electrons. The lowest BCUT2D eigenvalue weighted by Crippen LogP contribution is -2.33. The van der Waals surface area contributed by atoms with E-state index in [1.807, 2.05) is 0 Å². The summed E-state index contributed by atoms with van der Waals surface area (Å²) in [6.45, 7) is 8.67. The number of aliphatic carboxylic acids is 1. The van der Waals surface area contributed by atoms with E-state index < -0.39 is 5.97 Å².